The van der Waals surface area contributed by atoms with Gasteiger partial charge in [0.2, 0.25) is 0 Å². The second kappa shape index (κ2) is 7.89. The SMILES string of the molecule is COc1ccc(Nc2c(-c3ccc(-c4c(C)noc4C)cc3)nc3ccc(C)cn23)cc1. The molecule has 2 aromatic carbocycles. The lowest BCUT2D eigenvalue weighted by Gasteiger charge is -2.10. The molecule has 1 N–H and O–H groups in total. The number of pyridine rings is 1. The standard InChI is InChI=1S/C26H24N4O2/c1-16-5-14-23-28-25(20-8-6-19(7-9-20)24-17(2)29-32-18(24)3)26(30(23)15-16)27-21-10-12-22(31-4)13-11-21/h5-15,27H,1-4H3. The van der Waals surface area contributed by atoms with E-state index in [9.17, 15) is 0 Å². The molecule has 160 valence electrons. The van der Waals surface area contributed by atoms with Crippen LogP contribution in [0.2, 0.25) is 0 Å². The Bertz CT molecular complexity index is 1380. The average molecular weight is 425 g/mol. The first kappa shape index (κ1) is 19.9. The maximum absolute atomic E-state index is 5.33. The van der Waals surface area contributed by atoms with Gasteiger partial charge in [0, 0.05) is 23.0 Å². The van der Waals surface area contributed by atoms with Crippen molar-refractivity contribution < 1.29 is 9.26 Å². The van der Waals surface area contributed by atoms with Crippen molar-refractivity contribution in [1.82, 2.24) is 14.5 Å². The largest absolute Gasteiger partial charge is 0.497 e. The maximum Gasteiger partial charge on any atom is 0.143 e. The number of aryl methyl sites for hydroxylation is 3. The molecule has 0 fully saturated rings. The number of methoxy groups -OCH3 is 1. The van der Waals surface area contributed by atoms with Crippen molar-refractivity contribution in [2.45, 2.75) is 20.8 Å². The second-order valence-electron chi connectivity index (χ2n) is 7.87. The first-order valence-electron chi connectivity index (χ1n) is 10.5. The van der Waals surface area contributed by atoms with Crippen molar-refractivity contribution in [3.8, 4) is 28.1 Å². The van der Waals surface area contributed by atoms with Crippen LogP contribution < -0.4 is 10.1 Å². The van der Waals surface area contributed by atoms with E-state index in [0.29, 0.717) is 0 Å². The molecular formula is C26H24N4O2. The molecular weight excluding hydrogens is 400 g/mol. The number of nitrogens with zero attached hydrogens (tertiary/aromatic N) is 3. The minimum absolute atomic E-state index is 0.819. The molecule has 0 aliphatic rings. The van der Waals surface area contributed by atoms with Crippen LogP contribution in [-0.4, -0.2) is 21.7 Å². The Morgan fingerprint density at radius 1 is 0.875 bits per heavy atom. The van der Waals surface area contributed by atoms with Crippen LogP contribution in [0.5, 0.6) is 5.75 Å². The van der Waals surface area contributed by atoms with E-state index < -0.39 is 0 Å². The van der Waals surface area contributed by atoms with E-state index in [2.05, 4.69) is 58.3 Å². The molecule has 0 spiro atoms. The summed E-state index contributed by atoms with van der Waals surface area (Å²) in [6, 6.07) is 20.4. The summed E-state index contributed by atoms with van der Waals surface area (Å²) >= 11 is 0. The highest BCUT2D eigenvalue weighted by atomic mass is 16.5. The summed E-state index contributed by atoms with van der Waals surface area (Å²) in [5.74, 6) is 2.55. The first-order chi connectivity index (χ1) is 15.5. The highest BCUT2D eigenvalue weighted by Crippen LogP contribution is 2.34. The molecule has 5 aromatic rings. The molecule has 0 amide bonds. The first-order valence-corrected chi connectivity index (χ1v) is 10.5. The van der Waals surface area contributed by atoms with E-state index in [1.54, 1.807) is 7.11 Å². The van der Waals surface area contributed by atoms with Gasteiger partial charge >= 0.3 is 0 Å². The van der Waals surface area contributed by atoms with Gasteiger partial charge in [0.25, 0.3) is 0 Å². The minimum Gasteiger partial charge on any atom is -0.497 e. The van der Waals surface area contributed by atoms with Crippen LogP contribution >= 0.6 is 0 Å². The Morgan fingerprint density at radius 3 is 2.25 bits per heavy atom. The predicted octanol–water partition coefficient (Wildman–Crippen LogP) is 6.33. The van der Waals surface area contributed by atoms with E-state index in [1.807, 2.05) is 44.2 Å². The topological polar surface area (TPSA) is 64.6 Å². The number of nitrogens with one attached hydrogen (secondary N) is 1. The Morgan fingerprint density at radius 2 is 1.59 bits per heavy atom. The molecule has 0 atom stereocenters. The molecule has 5 rings (SSSR count). The Labute approximate surface area is 186 Å². The number of imidazole rings is 1. The van der Waals surface area contributed by atoms with Gasteiger partial charge < -0.3 is 14.6 Å². The summed E-state index contributed by atoms with van der Waals surface area (Å²) in [5.41, 5.74) is 7.93. The smallest absolute Gasteiger partial charge is 0.143 e. The fourth-order valence-corrected chi connectivity index (χ4v) is 3.97. The Balaban J connectivity index is 1.59. The van der Waals surface area contributed by atoms with Gasteiger partial charge in [0.05, 0.1) is 12.8 Å². The van der Waals surface area contributed by atoms with Crippen molar-refractivity contribution >= 4 is 17.2 Å². The molecule has 0 unspecified atom stereocenters. The third-order valence-corrected chi connectivity index (χ3v) is 5.60. The number of aromatic nitrogens is 3. The number of hydrogen-bond acceptors (Lipinski definition) is 5. The molecule has 0 saturated heterocycles. The molecule has 0 saturated carbocycles. The van der Waals surface area contributed by atoms with Gasteiger partial charge in [-0.2, -0.15) is 0 Å². The van der Waals surface area contributed by atoms with Gasteiger partial charge in [-0.3, -0.25) is 4.40 Å². The fourth-order valence-electron chi connectivity index (χ4n) is 3.97. The Hall–Kier alpha value is -4.06. The number of anilines is 2. The Kier molecular flexibility index (Phi) is 4.90. The molecule has 0 aliphatic carbocycles. The maximum atomic E-state index is 5.33. The third kappa shape index (κ3) is 3.50. The summed E-state index contributed by atoms with van der Waals surface area (Å²) in [6.45, 7) is 5.97. The number of fused-ring (bicyclic) bond motifs is 1. The average Bonchev–Trinajstić information content (AvgIpc) is 3.33. The van der Waals surface area contributed by atoms with Gasteiger partial charge in [-0.05, 0) is 62.2 Å². The van der Waals surface area contributed by atoms with E-state index >= 15 is 0 Å². The van der Waals surface area contributed by atoms with E-state index in [-0.39, 0.29) is 0 Å². The lowest BCUT2D eigenvalue weighted by molar-refractivity contribution is 0.393. The second-order valence-corrected chi connectivity index (χ2v) is 7.87. The zero-order chi connectivity index (χ0) is 22.2. The van der Waals surface area contributed by atoms with Gasteiger partial charge in [0.15, 0.2) is 0 Å². The van der Waals surface area contributed by atoms with Crippen LogP contribution in [0.4, 0.5) is 11.5 Å². The number of hydrogen-bond donors (Lipinski definition) is 1. The van der Waals surface area contributed by atoms with Crippen molar-refractivity contribution in [3.63, 3.8) is 0 Å². The molecule has 0 radical (unpaired) electrons. The number of rotatable bonds is 5. The van der Waals surface area contributed by atoms with Crippen molar-refractivity contribution in [1.29, 1.82) is 0 Å². The van der Waals surface area contributed by atoms with Crippen LogP contribution in [-0.2, 0) is 0 Å². The van der Waals surface area contributed by atoms with Gasteiger partial charge in [-0.1, -0.05) is 35.5 Å². The zero-order valence-electron chi connectivity index (χ0n) is 18.5. The molecule has 6 heteroatoms. The minimum atomic E-state index is 0.819. The normalized spacial score (nSPS) is 11.1. The highest BCUT2D eigenvalue weighted by Gasteiger charge is 2.16. The molecule has 6 nitrogen and oxygen atoms in total. The third-order valence-electron chi connectivity index (χ3n) is 5.60. The molecule has 0 bridgehead atoms. The van der Waals surface area contributed by atoms with Crippen LogP contribution in [0.1, 0.15) is 17.0 Å². The van der Waals surface area contributed by atoms with Gasteiger partial charge in [0.1, 0.15) is 28.7 Å². The lowest BCUT2D eigenvalue weighted by Crippen LogP contribution is -1.97. The van der Waals surface area contributed by atoms with Crippen molar-refractivity contribution in [3.05, 3.63) is 83.9 Å². The van der Waals surface area contributed by atoms with E-state index in [0.717, 1.165) is 62.3 Å². The quantitative estimate of drug-likeness (QED) is 0.357. The van der Waals surface area contributed by atoms with Crippen molar-refractivity contribution in [2.75, 3.05) is 12.4 Å². The molecule has 0 aliphatic heterocycles. The molecule has 3 aromatic heterocycles. The highest BCUT2D eigenvalue weighted by molar-refractivity contribution is 5.81. The van der Waals surface area contributed by atoms with E-state index in [4.69, 9.17) is 14.2 Å². The zero-order valence-corrected chi connectivity index (χ0v) is 18.5. The van der Waals surface area contributed by atoms with Crippen molar-refractivity contribution in [2.24, 2.45) is 0 Å². The predicted molar refractivity (Wildman–Crippen MR) is 127 cm³/mol. The van der Waals surface area contributed by atoms with Crippen LogP contribution in [0, 0.1) is 20.8 Å². The van der Waals surface area contributed by atoms with Crippen LogP contribution in [0.15, 0.2) is 71.4 Å². The lowest BCUT2D eigenvalue weighted by atomic mass is 10.0. The van der Waals surface area contributed by atoms with Gasteiger partial charge in [-0.25, -0.2) is 4.98 Å². The summed E-state index contributed by atoms with van der Waals surface area (Å²) in [5, 5.41) is 7.63. The summed E-state index contributed by atoms with van der Waals surface area (Å²) in [4.78, 5) is 4.93. The van der Waals surface area contributed by atoms with Crippen LogP contribution in [0.25, 0.3) is 28.0 Å². The monoisotopic (exact) mass is 424 g/mol. The number of ether oxygens (including phenoxy) is 1. The summed E-state index contributed by atoms with van der Waals surface area (Å²) in [6.07, 6.45) is 2.09. The van der Waals surface area contributed by atoms with Crippen LogP contribution in [0.3, 0.4) is 0 Å². The summed E-state index contributed by atoms with van der Waals surface area (Å²) in [7, 11) is 1.67. The number of benzene rings is 2. The summed E-state index contributed by atoms with van der Waals surface area (Å²) < 4.78 is 12.7. The van der Waals surface area contributed by atoms with E-state index in [1.165, 1.54) is 0 Å². The molecule has 3 heterocycles. The van der Waals surface area contributed by atoms with Gasteiger partial charge in [-0.15, -0.1) is 0 Å². The fraction of sp³-hybridized carbons (Fsp3) is 0.154. The molecule has 32 heavy (non-hydrogen) atoms.